The van der Waals surface area contributed by atoms with Crippen molar-refractivity contribution < 1.29 is 19.0 Å². The predicted molar refractivity (Wildman–Crippen MR) is 79.8 cm³/mol. The second-order valence-corrected chi connectivity index (χ2v) is 4.58. The number of ether oxygens (including phenoxy) is 3. The van der Waals surface area contributed by atoms with Gasteiger partial charge in [-0.1, -0.05) is 13.5 Å². The van der Waals surface area contributed by atoms with Gasteiger partial charge in [0.2, 0.25) is 5.91 Å². The maximum absolute atomic E-state index is 11.2. The SMILES string of the molecule is C=C(C)C(=O)NCCCCOCCOCCOCCC. The third kappa shape index (κ3) is 13.5. The van der Waals surface area contributed by atoms with Gasteiger partial charge in [0.1, 0.15) is 0 Å². The zero-order chi connectivity index (χ0) is 15.1. The molecule has 0 fully saturated rings. The van der Waals surface area contributed by atoms with Crippen molar-refractivity contribution >= 4 is 5.91 Å². The molecule has 0 bridgehead atoms. The molecule has 5 heteroatoms. The van der Waals surface area contributed by atoms with Gasteiger partial charge in [0.15, 0.2) is 0 Å². The number of carbonyl (C=O) groups excluding carboxylic acids is 1. The number of rotatable bonds is 14. The summed E-state index contributed by atoms with van der Waals surface area (Å²) in [7, 11) is 0. The van der Waals surface area contributed by atoms with Gasteiger partial charge in [0.05, 0.1) is 26.4 Å². The number of amides is 1. The van der Waals surface area contributed by atoms with Gasteiger partial charge in [0.25, 0.3) is 0 Å². The fraction of sp³-hybridized carbons (Fsp3) is 0.800. The molecular formula is C15H29NO4. The van der Waals surface area contributed by atoms with Crippen molar-refractivity contribution in [2.75, 3.05) is 46.2 Å². The summed E-state index contributed by atoms with van der Waals surface area (Å²) in [5.74, 6) is -0.0791. The summed E-state index contributed by atoms with van der Waals surface area (Å²) in [5.41, 5.74) is 0.543. The molecule has 0 aromatic rings. The summed E-state index contributed by atoms with van der Waals surface area (Å²) in [4.78, 5) is 11.2. The highest BCUT2D eigenvalue weighted by Crippen LogP contribution is 1.91. The van der Waals surface area contributed by atoms with Crippen LogP contribution in [0.25, 0.3) is 0 Å². The number of nitrogens with one attached hydrogen (secondary N) is 1. The highest BCUT2D eigenvalue weighted by atomic mass is 16.5. The lowest BCUT2D eigenvalue weighted by molar-refractivity contribution is -0.117. The number of hydrogen-bond donors (Lipinski definition) is 1. The molecule has 0 heterocycles. The van der Waals surface area contributed by atoms with Crippen molar-refractivity contribution in [2.24, 2.45) is 0 Å². The topological polar surface area (TPSA) is 56.8 Å². The Kier molecular flexibility index (Phi) is 13.8. The van der Waals surface area contributed by atoms with Crippen LogP contribution in [-0.2, 0) is 19.0 Å². The van der Waals surface area contributed by atoms with Gasteiger partial charge in [-0.15, -0.1) is 0 Å². The van der Waals surface area contributed by atoms with Crippen LogP contribution in [0.4, 0.5) is 0 Å². The van der Waals surface area contributed by atoms with E-state index in [1.54, 1.807) is 6.92 Å². The number of unbranched alkanes of at least 4 members (excludes halogenated alkanes) is 1. The third-order valence-electron chi connectivity index (χ3n) is 2.48. The van der Waals surface area contributed by atoms with Crippen LogP contribution in [0.3, 0.4) is 0 Å². The maximum Gasteiger partial charge on any atom is 0.246 e. The Bertz CT molecular complexity index is 256. The van der Waals surface area contributed by atoms with E-state index >= 15 is 0 Å². The largest absolute Gasteiger partial charge is 0.379 e. The van der Waals surface area contributed by atoms with Gasteiger partial charge in [-0.25, -0.2) is 0 Å². The van der Waals surface area contributed by atoms with Crippen molar-refractivity contribution in [1.29, 1.82) is 0 Å². The molecule has 0 atom stereocenters. The number of hydrogen-bond acceptors (Lipinski definition) is 4. The minimum Gasteiger partial charge on any atom is -0.379 e. The molecule has 0 aromatic carbocycles. The fourth-order valence-corrected chi connectivity index (χ4v) is 1.37. The Morgan fingerprint density at radius 3 is 2.05 bits per heavy atom. The van der Waals surface area contributed by atoms with E-state index in [9.17, 15) is 4.79 Å². The molecule has 0 aromatic heterocycles. The summed E-state index contributed by atoms with van der Waals surface area (Å²) >= 11 is 0. The zero-order valence-electron chi connectivity index (χ0n) is 12.9. The summed E-state index contributed by atoms with van der Waals surface area (Å²) < 4.78 is 16.1. The summed E-state index contributed by atoms with van der Waals surface area (Å²) in [5, 5.41) is 2.79. The van der Waals surface area contributed by atoms with Crippen LogP contribution in [0.5, 0.6) is 0 Å². The average molecular weight is 287 g/mol. The summed E-state index contributed by atoms with van der Waals surface area (Å²) in [6.07, 6.45) is 2.87. The highest BCUT2D eigenvalue weighted by Gasteiger charge is 1.99. The van der Waals surface area contributed by atoms with Crippen molar-refractivity contribution in [3.63, 3.8) is 0 Å². The molecule has 0 saturated carbocycles. The van der Waals surface area contributed by atoms with Gasteiger partial charge in [-0.05, 0) is 26.2 Å². The van der Waals surface area contributed by atoms with Gasteiger partial charge in [-0.3, -0.25) is 4.79 Å². The molecule has 0 saturated heterocycles. The fourth-order valence-electron chi connectivity index (χ4n) is 1.37. The molecule has 0 rings (SSSR count). The second-order valence-electron chi connectivity index (χ2n) is 4.58. The minimum atomic E-state index is -0.0791. The molecule has 1 amide bonds. The van der Waals surface area contributed by atoms with Crippen molar-refractivity contribution in [3.05, 3.63) is 12.2 Å². The zero-order valence-corrected chi connectivity index (χ0v) is 12.9. The maximum atomic E-state index is 11.2. The van der Waals surface area contributed by atoms with Crippen molar-refractivity contribution in [1.82, 2.24) is 5.32 Å². The van der Waals surface area contributed by atoms with Crippen LogP contribution < -0.4 is 5.32 Å². The Labute approximate surface area is 122 Å². The highest BCUT2D eigenvalue weighted by molar-refractivity contribution is 5.91. The smallest absolute Gasteiger partial charge is 0.246 e. The first kappa shape index (κ1) is 19.1. The van der Waals surface area contributed by atoms with E-state index in [4.69, 9.17) is 14.2 Å². The van der Waals surface area contributed by atoms with E-state index < -0.39 is 0 Å². The van der Waals surface area contributed by atoms with Crippen LogP contribution in [-0.4, -0.2) is 52.1 Å². The van der Waals surface area contributed by atoms with Gasteiger partial charge in [-0.2, -0.15) is 0 Å². The lowest BCUT2D eigenvalue weighted by atomic mass is 10.3. The first-order chi connectivity index (χ1) is 9.68. The van der Waals surface area contributed by atoms with Gasteiger partial charge >= 0.3 is 0 Å². The predicted octanol–water partition coefficient (Wildman–Crippen LogP) is 1.92. The standard InChI is InChI=1S/C15H29NO4/c1-4-8-18-10-12-20-13-11-19-9-6-5-7-16-15(17)14(2)3/h2,4-13H2,1,3H3,(H,16,17). The Morgan fingerprint density at radius 2 is 1.50 bits per heavy atom. The van der Waals surface area contributed by atoms with Crippen molar-refractivity contribution in [3.8, 4) is 0 Å². The first-order valence-electron chi connectivity index (χ1n) is 7.35. The lowest BCUT2D eigenvalue weighted by Crippen LogP contribution is -2.24. The monoisotopic (exact) mass is 287 g/mol. The molecule has 0 radical (unpaired) electrons. The third-order valence-corrected chi connectivity index (χ3v) is 2.48. The Hall–Kier alpha value is -0.910. The second kappa shape index (κ2) is 14.5. The molecule has 1 N–H and O–H groups in total. The van der Waals surface area contributed by atoms with E-state index in [1.807, 2.05) is 0 Å². The van der Waals surface area contributed by atoms with Crippen LogP contribution in [0.1, 0.15) is 33.1 Å². The average Bonchev–Trinajstić information content (AvgIpc) is 2.43. The van der Waals surface area contributed by atoms with E-state index in [2.05, 4.69) is 18.8 Å². The quantitative estimate of drug-likeness (QED) is 0.392. The van der Waals surface area contributed by atoms with Crippen molar-refractivity contribution in [2.45, 2.75) is 33.1 Å². The number of carbonyl (C=O) groups is 1. The molecule has 0 aliphatic carbocycles. The molecule has 0 unspecified atom stereocenters. The van der Waals surface area contributed by atoms with Gasteiger partial charge in [0, 0.05) is 25.3 Å². The molecule has 0 aliphatic heterocycles. The van der Waals surface area contributed by atoms with Crippen LogP contribution in [0.15, 0.2) is 12.2 Å². The van der Waals surface area contributed by atoms with Crippen LogP contribution in [0, 0.1) is 0 Å². The van der Waals surface area contributed by atoms with E-state index in [1.165, 1.54) is 0 Å². The van der Waals surface area contributed by atoms with E-state index in [-0.39, 0.29) is 5.91 Å². The van der Waals surface area contributed by atoms with Gasteiger partial charge < -0.3 is 19.5 Å². The molecule has 20 heavy (non-hydrogen) atoms. The molecule has 0 aliphatic rings. The molecule has 118 valence electrons. The van der Waals surface area contributed by atoms with E-state index in [0.29, 0.717) is 45.2 Å². The molecular weight excluding hydrogens is 258 g/mol. The Balaban J connectivity index is 3.06. The summed E-state index contributed by atoms with van der Waals surface area (Å²) in [6.45, 7) is 12.0. The normalized spacial score (nSPS) is 10.5. The molecule has 0 spiro atoms. The van der Waals surface area contributed by atoms with Crippen LogP contribution >= 0.6 is 0 Å². The first-order valence-corrected chi connectivity index (χ1v) is 7.35. The Morgan fingerprint density at radius 1 is 0.950 bits per heavy atom. The van der Waals surface area contributed by atoms with E-state index in [0.717, 1.165) is 25.9 Å². The molecule has 5 nitrogen and oxygen atoms in total. The summed E-state index contributed by atoms with van der Waals surface area (Å²) in [6, 6.07) is 0. The van der Waals surface area contributed by atoms with Crippen LogP contribution in [0.2, 0.25) is 0 Å². The lowest BCUT2D eigenvalue weighted by Gasteiger charge is -2.07. The minimum absolute atomic E-state index is 0.0791.